The van der Waals surface area contributed by atoms with Crippen LogP contribution in [0.25, 0.3) is 5.69 Å². The van der Waals surface area contributed by atoms with E-state index in [-0.39, 0.29) is 12.2 Å². The minimum Gasteiger partial charge on any atom is -0.462 e. The van der Waals surface area contributed by atoms with E-state index in [4.69, 9.17) is 10.5 Å². The maximum Gasteiger partial charge on any atom is 0.341 e. The van der Waals surface area contributed by atoms with Gasteiger partial charge in [-0.2, -0.15) is 5.10 Å². The lowest BCUT2D eigenvalue weighted by molar-refractivity contribution is -0.122. The van der Waals surface area contributed by atoms with Crippen LogP contribution < -0.4 is 5.73 Å². The van der Waals surface area contributed by atoms with Crippen LogP contribution in [0.4, 0.5) is 4.39 Å². The normalized spacial score (nSPS) is 11.6. The molecule has 9 heteroatoms. The Bertz CT molecular complexity index is 1160. The molecule has 0 saturated heterocycles. The second-order valence-electron chi connectivity index (χ2n) is 7.10. The summed E-state index contributed by atoms with van der Waals surface area (Å²) in [4.78, 5) is 38.2. The largest absolute Gasteiger partial charge is 0.462 e. The molecule has 0 spiro atoms. The van der Waals surface area contributed by atoms with E-state index >= 15 is 0 Å². The third-order valence-electron chi connectivity index (χ3n) is 5.01. The minimum absolute atomic E-state index is 0.260. The number of aromatic nitrogens is 2. The summed E-state index contributed by atoms with van der Waals surface area (Å²) in [6.45, 7) is 3.72. The van der Waals surface area contributed by atoms with Crippen LogP contribution in [0, 0.1) is 12.7 Å². The van der Waals surface area contributed by atoms with Crippen molar-refractivity contribution >= 4 is 17.8 Å². The number of nitrogens with zero attached hydrogens (tertiary/aromatic N) is 3. The van der Waals surface area contributed by atoms with Gasteiger partial charge in [0.2, 0.25) is 5.91 Å². The van der Waals surface area contributed by atoms with Crippen LogP contribution in [0.2, 0.25) is 0 Å². The standard InChI is InChI=1S/C23H23FN4O4/c1-4-32-23(31)19-13-26-28(14(19)2)18-10-8-15(9-11-18)22(30)27(3)20(21(25)29)16-6-5-7-17(24)12-16/h5-13,20H,4H2,1-3H3,(H2,25,29). The number of primary amides is 1. The number of halogens is 1. The van der Waals surface area contributed by atoms with Crippen molar-refractivity contribution in [3.8, 4) is 5.69 Å². The molecule has 2 aromatic carbocycles. The fourth-order valence-electron chi connectivity index (χ4n) is 3.40. The lowest BCUT2D eigenvalue weighted by Crippen LogP contribution is -2.39. The second-order valence-corrected chi connectivity index (χ2v) is 7.10. The van der Waals surface area contributed by atoms with Gasteiger partial charge in [0.1, 0.15) is 17.4 Å². The number of nitrogens with two attached hydrogens (primary N) is 1. The molecule has 0 aliphatic carbocycles. The minimum atomic E-state index is -1.13. The van der Waals surface area contributed by atoms with Crippen molar-refractivity contribution in [3.05, 3.63) is 82.9 Å². The second kappa shape index (κ2) is 9.42. The molecule has 0 aliphatic rings. The summed E-state index contributed by atoms with van der Waals surface area (Å²) in [5, 5.41) is 4.22. The number of benzene rings is 2. The highest BCUT2D eigenvalue weighted by atomic mass is 19.1. The molecular weight excluding hydrogens is 415 g/mol. The summed E-state index contributed by atoms with van der Waals surface area (Å²) in [6.07, 6.45) is 1.43. The van der Waals surface area contributed by atoms with Gasteiger partial charge < -0.3 is 15.4 Å². The van der Waals surface area contributed by atoms with Gasteiger partial charge in [-0.1, -0.05) is 12.1 Å². The van der Waals surface area contributed by atoms with Crippen molar-refractivity contribution in [1.29, 1.82) is 0 Å². The highest BCUT2D eigenvalue weighted by Gasteiger charge is 2.28. The first-order chi connectivity index (χ1) is 15.2. The summed E-state index contributed by atoms with van der Waals surface area (Å²) in [7, 11) is 1.43. The highest BCUT2D eigenvalue weighted by molar-refractivity contribution is 5.97. The Morgan fingerprint density at radius 3 is 2.47 bits per heavy atom. The number of carbonyl (C=O) groups excluding carboxylic acids is 3. The van der Waals surface area contributed by atoms with Gasteiger partial charge in [-0.05, 0) is 55.8 Å². The number of hydrogen-bond donors (Lipinski definition) is 1. The Morgan fingerprint density at radius 2 is 1.88 bits per heavy atom. The van der Waals surface area contributed by atoms with Gasteiger partial charge in [0, 0.05) is 12.6 Å². The third-order valence-corrected chi connectivity index (χ3v) is 5.01. The van der Waals surface area contributed by atoms with Crippen LogP contribution in [-0.4, -0.2) is 46.1 Å². The van der Waals surface area contributed by atoms with E-state index in [9.17, 15) is 18.8 Å². The van der Waals surface area contributed by atoms with Crippen molar-refractivity contribution in [1.82, 2.24) is 14.7 Å². The third kappa shape index (κ3) is 4.51. The average molecular weight is 438 g/mol. The molecule has 166 valence electrons. The first-order valence-corrected chi connectivity index (χ1v) is 9.88. The summed E-state index contributed by atoms with van der Waals surface area (Å²) in [6, 6.07) is 10.7. The van der Waals surface area contributed by atoms with E-state index in [2.05, 4.69) is 5.10 Å². The molecule has 1 unspecified atom stereocenters. The number of carbonyl (C=O) groups is 3. The van der Waals surface area contributed by atoms with E-state index in [1.165, 1.54) is 42.4 Å². The van der Waals surface area contributed by atoms with Crippen molar-refractivity contribution in [3.63, 3.8) is 0 Å². The number of esters is 1. The van der Waals surface area contributed by atoms with Gasteiger partial charge >= 0.3 is 5.97 Å². The first kappa shape index (κ1) is 22.7. The van der Waals surface area contributed by atoms with Gasteiger partial charge in [0.05, 0.1) is 24.2 Å². The summed E-state index contributed by atoms with van der Waals surface area (Å²) >= 11 is 0. The van der Waals surface area contributed by atoms with Gasteiger partial charge in [0.25, 0.3) is 5.91 Å². The zero-order chi connectivity index (χ0) is 23.4. The molecule has 32 heavy (non-hydrogen) atoms. The lowest BCUT2D eigenvalue weighted by Gasteiger charge is -2.26. The molecule has 3 aromatic rings. The lowest BCUT2D eigenvalue weighted by atomic mass is 10.0. The smallest absolute Gasteiger partial charge is 0.341 e. The number of amides is 2. The molecule has 2 amide bonds. The molecular formula is C23H23FN4O4. The number of hydrogen-bond acceptors (Lipinski definition) is 5. The average Bonchev–Trinajstić information content (AvgIpc) is 3.15. The van der Waals surface area contributed by atoms with E-state index < -0.39 is 29.6 Å². The Kier molecular flexibility index (Phi) is 6.67. The molecule has 2 N–H and O–H groups in total. The molecule has 0 aliphatic heterocycles. The zero-order valence-electron chi connectivity index (χ0n) is 17.9. The number of likely N-dealkylation sites (N-methyl/N-ethyl adjacent to an activating group) is 1. The maximum atomic E-state index is 13.6. The van der Waals surface area contributed by atoms with Crippen LogP contribution >= 0.6 is 0 Å². The van der Waals surface area contributed by atoms with E-state index in [1.54, 1.807) is 42.8 Å². The van der Waals surface area contributed by atoms with Crippen molar-refractivity contribution in [2.75, 3.05) is 13.7 Å². The van der Waals surface area contributed by atoms with Crippen LogP contribution in [0.1, 0.15) is 44.9 Å². The molecule has 0 fully saturated rings. The van der Waals surface area contributed by atoms with E-state index in [0.717, 1.165) is 0 Å². The molecule has 1 heterocycles. The fourth-order valence-corrected chi connectivity index (χ4v) is 3.40. The summed E-state index contributed by atoms with van der Waals surface area (Å²) < 4.78 is 20.2. The molecule has 0 radical (unpaired) electrons. The number of rotatable bonds is 7. The van der Waals surface area contributed by atoms with Crippen molar-refractivity contribution in [2.45, 2.75) is 19.9 Å². The number of ether oxygens (including phenoxy) is 1. The van der Waals surface area contributed by atoms with Crippen LogP contribution in [-0.2, 0) is 9.53 Å². The first-order valence-electron chi connectivity index (χ1n) is 9.88. The maximum absolute atomic E-state index is 13.6. The van der Waals surface area contributed by atoms with Gasteiger partial charge in [0.15, 0.2) is 0 Å². The van der Waals surface area contributed by atoms with E-state index in [0.29, 0.717) is 22.5 Å². The molecule has 0 bridgehead atoms. The Labute approximate surface area is 184 Å². The topological polar surface area (TPSA) is 108 Å². The Hall–Kier alpha value is -4.01. The molecule has 0 saturated carbocycles. The van der Waals surface area contributed by atoms with Gasteiger partial charge in [-0.3, -0.25) is 9.59 Å². The quantitative estimate of drug-likeness (QED) is 0.571. The summed E-state index contributed by atoms with van der Waals surface area (Å²) in [5.41, 5.74) is 7.66. The fraction of sp³-hybridized carbons (Fsp3) is 0.217. The highest BCUT2D eigenvalue weighted by Crippen LogP contribution is 2.23. The predicted molar refractivity (Wildman–Crippen MR) is 115 cm³/mol. The Morgan fingerprint density at radius 1 is 1.19 bits per heavy atom. The van der Waals surface area contributed by atoms with Gasteiger partial charge in [-0.15, -0.1) is 0 Å². The Balaban J connectivity index is 1.85. The monoisotopic (exact) mass is 438 g/mol. The molecule has 1 atom stereocenters. The van der Waals surface area contributed by atoms with Crippen molar-refractivity contribution in [2.24, 2.45) is 5.73 Å². The van der Waals surface area contributed by atoms with Crippen molar-refractivity contribution < 1.29 is 23.5 Å². The zero-order valence-corrected chi connectivity index (χ0v) is 17.9. The molecule has 1 aromatic heterocycles. The SMILES string of the molecule is CCOC(=O)c1cnn(-c2ccc(C(=O)N(C)C(C(N)=O)c3cccc(F)c3)cc2)c1C. The van der Waals surface area contributed by atoms with Gasteiger partial charge in [-0.25, -0.2) is 13.9 Å². The predicted octanol–water partition coefficient (Wildman–Crippen LogP) is 2.80. The van der Waals surface area contributed by atoms with Crippen LogP contribution in [0.15, 0.2) is 54.7 Å². The summed E-state index contributed by atoms with van der Waals surface area (Å²) in [5.74, 6) is -2.23. The molecule has 3 rings (SSSR count). The van der Waals surface area contributed by atoms with Crippen LogP contribution in [0.5, 0.6) is 0 Å². The van der Waals surface area contributed by atoms with Crippen LogP contribution in [0.3, 0.4) is 0 Å². The molecule has 8 nitrogen and oxygen atoms in total. The van der Waals surface area contributed by atoms with E-state index in [1.807, 2.05) is 0 Å².